The molecule has 0 heterocycles. The molecule has 1 rings (SSSR count). The third-order valence-corrected chi connectivity index (χ3v) is 3.68. The Morgan fingerprint density at radius 3 is 2.28 bits per heavy atom. The van der Waals surface area contributed by atoms with Crippen molar-refractivity contribution in [1.82, 2.24) is 5.32 Å². The van der Waals surface area contributed by atoms with E-state index in [1.807, 2.05) is 12.1 Å². The highest BCUT2D eigenvalue weighted by Crippen LogP contribution is 2.27. The Morgan fingerprint density at radius 1 is 1.22 bits per heavy atom. The van der Waals surface area contributed by atoms with Gasteiger partial charge >= 0.3 is 0 Å². The van der Waals surface area contributed by atoms with Gasteiger partial charge in [-0.2, -0.15) is 0 Å². The molecule has 2 nitrogen and oxygen atoms in total. The van der Waals surface area contributed by atoms with Crippen LogP contribution >= 0.6 is 0 Å². The van der Waals surface area contributed by atoms with Gasteiger partial charge in [0.2, 0.25) is 0 Å². The van der Waals surface area contributed by atoms with Gasteiger partial charge in [0.05, 0.1) is 6.10 Å². The first-order valence-corrected chi connectivity index (χ1v) is 6.51. The molecule has 0 saturated carbocycles. The normalized spacial score (nSPS) is 15.4. The lowest BCUT2D eigenvalue weighted by molar-refractivity contribution is 0.180. The molecular weight excluding hydrogens is 229 g/mol. The minimum atomic E-state index is -0.279. The van der Waals surface area contributed by atoms with Crippen molar-refractivity contribution in [3.05, 3.63) is 35.6 Å². The number of hydrogen-bond acceptors (Lipinski definition) is 2. The van der Waals surface area contributed by atoms with Crippen molar-refractivity contribution < 1.29 is 9.50 Å². The summed E-state index contributed by atoms with van der Waals surface area (Å²) in [5.74, 6) is -0.204. The highest BCUT2D eigenvalue weighted by molar-refractivity contribution is 5.26. The van der Waals surface area contributed by atoms with Crippen LogP contribution < -0.4 is 5.32 Å². The number of hydrogen-bond donors (Lipinski definition) is 2. The molecule has 1 aromatic rings. The Labute approximate surface area is 109 Å². The summed E-state index contributed by atoms with van der Waals surface area (Å²) in [6.07, 6.45) is 0.461. The summed E-state index contributed by atoms with van der Waals surface area (Å²) in [5.41, 5.74) is 1.03. The zero-order valence-corrected chi connectivity index (χ0v) is 11.7. The largest absolute Gasteiger partial charge is 0.393 e. The van der Waals surface area contributed by atoms with Crippen LogP contribution in [0.4, 0.5) is 4.39 Å². The van der Waals surface area contributed by atoms with E-state index < -0.39 is 0 Å². The maximum atomic E-state index is 12.9. The Bertz CT molecular complexity index is 359. The fourth-order valence-corrected chi connectivity index (χ4v) is 1.89. The second-order valence-electron chi connectivity index (χ2n) is 5.54. The molecule has 0 fully saturated rings. The molecular formula is C15H24FNO. The standard InChI is InChI=1S/C15H24FNO/c1-11(18)9-10-17-12(2)15(3,4)13-5-7-14(16)8-6-13/h5-8,11-12,17-18H,9-10H2,1-4H3/t11-,12-/m0/s1. The van der Waals surface area contributed by atoms with E-state index in [-0.39, 0.29) is 23.4 Å². The molecule has 0 saturated heterocycles. The van der Waals surface area contributed by atoms with Gasteiger partial charge in [-0.15, -0.1) is 0 Å². The topological polar surface area (TPSA) is 32.3 Å². The first-order chi connectivity index (χ1) is 8.34. The van der Waals surface area contributed by atoms with Crippen molar-refractivity contribution >= 4 is 0 Å². The van der Waals surface area contributed by atoms with E-state index in [2.05, 4.69) is 26.1 Å². The summed E-state index contributed by atoms with van der Waals surface area (Å²) in [4.78, 5) is 0. The SMILES string of the molecule is C[C@H](O)CCN[C@@H](C)C(C)(C)c1ccc(F)cc1. The number of nitrogens with one attached hydrogen (secondary N) is 1. The van der Waals surface area contributed by atoms with Crippen LogP contribution in [0.25, 0.3) is 0 Å². The molecule has 0 spiro atoms. The van der Waals surface area contributed by atoms with Crippen LogP contribution in [0.5, 0.6) is 0 Å². The van der Waals surface area contributed by atoms with E-state index in [0.717, 1.165) is 18.5 Å². The molecule has 2 N–H and O–H groups in total. The fourth-order valence-electron chi connectivity index (χ4n) is 1.89. The summed E-state index contributed by atoms with van der Waals surface area (Å²) in [7, 11) is 0. The maximum absolute atomic E-state index is 12.9. The predicted octanol–water partition coefficient (Wildman–Crippen LogP) is 2.85. The molecule has 0 aromatic heterocycles. The van der Waals surface area contributed by atoms with Crippen molar-refractivity contribution in [1.29, 1.82) is 0 Å². The fraction of sp³-hybridized carbons (Fsp3) is 0.600. The van der Waals surface area contributed by atoms with Crippen LogP contribution in [0.15, 0.2) is 24.3 Å². The van der Waals surface area contributed by atoms with E-state index in [9.17, 15) is 9.50 Å². The molecule has 18 heavy (non-hydrogen) atoms. The Balaban J connectivity index is 2.64. The van der Waals surface area contributed by atoms with E-state index in [4.69, 9.17) is 0 Å². The molecule has 3 heteroatoms. The number of rotatable bonds is 6. The first kappa shape index (κ1) is 15.1. The lowest BCUT2D eigenvalue weighted by Gasteiger charge is -2.33. The summed E-state index contributed by atoms with van der Waals surface area (Å²) < 4.78 is 12.9. The van der Waals surface area contributed by atoms with Crippen LogP contribution in [-0.2, 0) is 5.41 Å². The lowest BCUT2D eigenvalue weighted by atomic mass is 9.78. The van der Waals surface area contributed by atoms with Gasteiger partial charge in [-0.05, 0) is 44.5 Å². The molecule has 0 unspecified atom stereocenters. The monoisotopic (exact) mass is 253 g/mol. The molecule has 0 aliphatic rings. The summed E-state index contributed by atoms with van der Waals surface area (Å²) in [5, 5.41) is 12.6. The Kier molecular flexibility index (Phi) is 5.29. The summed E-state index contributed by atoms with van der Waals surface area (Å²) in [6, 6.07) is 6.92. The molecule has 1 aromatic carbocycles. The summed E-state index contributed by atoms with van der Waals surface area (Å²) in [6.45, 7) is 8.97. The lowest BCUT2D eigenvalue weighted by Crippen LogP contribution is -2.43. The molecule has 0 radical (unpaired) electrons. The second kappa shape index (κ2) is 6.30. The first-order valence-electron chi connectivity index (χ1n) is 6.51. The van der Waals surface area contributed by atoms with Gasteiger partial charge in [-0.1, -0.05) is 26.0 Å². The van der Waals surface area contributed by atoms with E-state index >= 15 is 0 Å². The van der Waals surface area contributed by atoms with Crippen LogP contribution in [-0.4, -0.2) is 23.8 Å². The molecule has 0 bridgehead atoms. The number of halogens is 1. The van der Waals surface area contributed by atoms with E-state index in [1.54, 1.807) is 6.92 Å². The Hall–Kier alpha value is -0.930. The molecule has 0 amide bonds. The maximum Gasteiger partial charge on any atom is 0.123 e. The van der Waals surface area contributed by atoms with E-state index in [1.165, 1.54) is 12.1 Å². The van der Waals surface area contributed by atoms with Crippen molar-refractivity contribution in [2.75, 3.05) is 6.54 Å². The van der Waals surface area contributed by atoms with Gasteiger partial charge in [0.1, 0.15) is 5.82 Å². The van der Waals surface area contributed by atoms with Gasteiger partial charge < -0.3 is 10.4 Å². The van der Waals surface area contributed by atoms with Crippen LogP contribution in [0, 0.1) is 5.82 Å². The molecule has 0 aliphatic heterocycles. The van der Waals surface area contributed by atoms with Gasteiger partial charge in [0.15, 0.2) is 0 Å². The smallest absolute Gasteiger partial charge is 0.123 e. The Morgan fingerprint density at radius 2 is 1.78 bits per heavy atom. The third kappa shape index (κ3) is 4.07. The molecule has 102 valence electrons. The average Bonchev–Trinajstić information content (AvgIpc) is 2.28. The van der Waals surface area contributed by atoms with Gasteiger partial charge in [0, 0.05) is 11.5 Å². The minimum absolute atomic E-state index is 0.0770. The van der Waals surface area contributed by atoms with Crippen LogP contribution in [0.1, 0.15) is 39.7 Å². The minimum Gasteiger partial charge on any atom is -0.393 e. The highest BCUT2D eigenvalue weighted by atomic mass is 19.1. The van der Waals surface area contributed by atoms with Crippen molar-refractivity contribution in [3.63, 3.8) is 0 Å². The zero-order chi connectivity index (χ0) is 13.8. The van der Waals surface area contributed by atoms with Crippen LogP contribution in [0.2, 0.25) is 0 Å². The number of benzene rings is 1. The quantitative estimate of drug-likeness (QED) is 0.817. The average molecular weight is 253 g/mol. The van der Waals surface area contributed by atoms with Crippen LogP contribution in [0.3, 0.4) is 0 Å². The summed E-state index contributed by atoms with van der Waals surface area (Å²) >= 11 is 0. The van der Waals surface area contributed by atoms with Gasteiger partial charge in [-0.25, -0.2) is 4.39 Å². The predicted molar refractivity (Wildman–Crippen MR) is 73.2 cm³/mol. The second-order valence-corrected chi connectivity index (χ2v) is 5.54. The number of aliphatic hydroxyl groups is 1. The highest BCUT2D eigenvalue weighted by Gasteiger charge is 2.27. The van der Waals surface area contributed by atoms with Gasteiger partial charge in [-0.3, -0.25) is 0 Å². The van der Waals surface area contributed by atoms with E-state index in [0.29, 0.717) is 0 Å². The van der Waals surface area contributed by atoms with Gasteiger partial charge in [0.25, 0.3) is 0 Å². The third-order valence-electron chi connectivity index (χ3n) is 3.68. The zero-order valence-electron chi connectivity index (χ0n) is 11.7. The molecule has 0 aliphatic carbocycles. The molecule has 2 atom stereocenters. The van der Waals surface area contributed by atoms with Crippen molar-refractivity contribution in [2.45, 2.75) is 51.7 Å². The van der Waals surface area contributed by atoms with Crippen molar-refractivity contribution in [3.8, 4) is 0 Å². The number of aliphatic hydroxyl groups excluding tert-OH is 1. The van der Waals surface area contributed by atoms with Crippen molar-refractivity contribution in [2.24, 2.45) is 0 Å².